The second-order valence-electron chi connectivity index (χ2n) is 3.59. The molecule has 3 heteroatoms. The van der Waals surface area contributed by atoms with Crippen molar-refractivity contribution in [2.45, 2.75) is 18.9 Å². The smallest absolute Gasteiger partial charge is 0.337 e. The van der Waals surface area contributed by atoms with E-state index in [1.54, 1.807) is 12.1 Å². The number of hydrogen-bond donors (Lipinski definition) is 1. The van der Waals surface area contributed by atoms with E-state index < -0.39 is 0 Å². The molecule has 0 fully saturated rings. The van der Waals surface area contributed by atoms with Crippen molar-refractivity contribution in [2.24, 2.45) is 5.73 Å². The first-order chi connectivity index (χ1) is 7.69. The second kappa shape index (κ2) is 6.08. The van der Waals surface area contributed by atoms with Crippen LogP contribution in [0.25, 0.3) is 0 Å². The molecule has 2 N–H and O–H groups in total. The summed E-state index contributed by atoms with van der Waals surface area (Å²) in [7, 11) is 1.37. The van der Waals surface area contributed by atoms with Crippen molar-refractivity contribution in [1.82, 2.24) is 0 Å². The van der Waals surface area contributed by atoms with Gasteiger partial charge in [0.25, 0.3) is 0 Å². The van der Waals surface area contributed by atoms with Gasteiger partial charge >= 0.3 is 5.97 Å². The zero-order valence-electron chi connectivity index (χ0n) is 9.48. The van der Waals surface area contributed by atoms with Crippen molar-refractivity contribution < 1.29 is 9.53 Å². The summed E-state index contributed by atoms with van der Waals surface area (Å²) in [5, 5.41) is 0. The summed E-state index contributed by atoms with van der Waals surface area (Å²) in [4.78, 5) is 11.3. The van der Waals surface area contributed by atoms with Gasteiger partial charge in [-0.2, -0.15) is 0 Å². The minimum absolute atomic E-state index is 0.0670. The molecule has 0 spiro atoms. The van der Waals surface area contributed by atoms with E-state index in [1.165, 1.54) is 7.11 Å². The molecule has 0 aliphatic heterocycles. The van der Waals surface area contributed by atoms with Gasteiger partial charge in [-0.25, -0.2) is 4.79 Å². The van der Waals surface area contributed by atoms with Crippen LogP contribution < -0.4 is 5.73 Å². The lowest BCUT2D eigenvalue weighted by Gasteiger charge is -2.11. The van der Waals surface area contributed by atoms with Gasteiger partial charge in [-0.05, 0) is 30.5 Å². The number of ether oxygens (including phenoxy) is 1. The van der Waals surface area contributed by atoms with Crippen LogP contribution in [0.5, 0.6) is 0 Å². The van der Waals surface area contributed by atoms with Crippen LogP contribution in [0.3, 0.4) is 0 Å². The Morgan fingerprint density at radius 1 is 1.62 bits per heavy atom. The quantitative estimate of drug-likeness (QED) is 0.611. The standard InChI is InChI=1S/C13H17NO2/c1-3-4-8-12(14)10-6-5-7-11(9-10)13(15)16-2/h3,5-7,9,12H,1,4,8,14H2,2H3/t12-/m0/s1. The molecule has 0 aliphatic carbocycles. The number of methoxy groups -OCH3 is 1. The third-order valence-electron chi connectivity index (χ3n) is 2.42. The lowest BCUT2D eigenvalue weighted by molar-refractivity contribution is 0.0600. The number of carbonyl (C=O) groups excluding carboxylic acids is 1. The molecule has 0 bridgehead atoms. The van der Waals surface area contributed by atoms with Crippen LogP contribution in [0.4, 0.5) is 0 Å². The lowest BCUT2D eigenvalue weighted by Crippen LogP contribution is -2.11. The molecular weight excluding hydrogens is 202 g/mol. The second-order valence-corrected chi connectivity index (χ2v) is 3.59. The van der Waals surface area contributed by atoms with Gasteiger partial charge in [0.05, 0.1) is 12.7 Å². The van der Waals surface area contributed by atoms with Crippen molar-refractivity contribution in [3.63, 3.8) is 0 Å². The Hall–Kier alpha value is -1.61. The summed E-state index contributed by atoms with van der Waals surface area (Å²) < 4.78 is 4.66. The van der Waals surface area contributed by atoms with Gasteiger partial charge < -0.3 is 10.5 Å². The van der Waals surface area contributed by atoms with Crippen LogP contribution in [0.2, 0.25) is 0 Å². The Labute approximate surface area is 95.9 Å². The monoisotopic (exact) mass is 219 g/mol. The van der Waals surface area contributed by atoms with Crippen molar-refractivity contribution in [3.8, 4) is 0 Å². The van der Waals surface area contributed by atoms with Gasteiger partial charge in [-0.3, -0.25) is 0 Å². The minimum atomic E-state index is -0.335. The molecular formula is C13H17NO2. The molecule has 86 valence electrons. The molecule has 0 saturated heterocycles. The zero-order chi connectivity index (χ0) is 12.0. The maximum atomic E-state index is 11.3. The van der Waals surface area contributed by atoms with Gasteiger partial charge in [0.2, 0.25) is 0 Å². The zero-order valence-corrected chi connectivity index (χ0v) is 9.48. The van der Waals surface area contributed by atoms with Gasteiger partial charge in [-0.15, -0.1) is 6.58 Å². The Morgan fingerprint density at radius 2 is 2.38 bits per heavy atom. The molecule has 1 aromatic rings. The van der Waals surface area contributed by atoms with E-state index in [9.17, 15) is 4.79 Å². The number of benzene rings is 1. The normalized spacial score (nSPS) is 11.9. The minimum Gasteiger partial charge on any atom is -0.465 e. The summed E-state index contributed by atoms with van der Waals surface area (Å²) in [6.07, 6.45) is 3.53. The first-order valence-electron chi connectivity index (χ1n) is 5.23. The van der Waals surface area contributed by atoms with E-state index in [1.807, 2.05) is 18.2 Å². The molecule has 3 nitrogen and oxygen atoms in total. The molecule has 1 atom stereocenters. The van der Waals surface area contributed by atoms with Gasteiger partial charge in [0.15, 0.2) is 0 Å². The third-order valence-corrected chi connectivity index (χ3v) is 2.42. The average Bonchev–Trinajstić information content (AvgIpc) is 2.35. The Kier molecular flexibility index (Phi) is 4.73. The molecule has 0 unspecified atom stereocenters. The fraction of sp³-hybridized carbons (Fsp3) is 0.308. The summed E-state index contributed by atoms with van der Waals surface area (Å²) in [5.74, 6) is -0.335. The number of rotatable bonds is 5. The first kappa shape index (κ1) is 12.5. The van der Waals surface area contributed by atoms with Crippen LogP contribution >= 0.6 is 0 Å². The van der Waals surface area contributed by atoms with Crippen molar-refractivity contribution >= 4 is 5.97 Å². The highest BCUT2D eigenvalue weighted by molar-refractivity contribution is 5.89. The summed E-state index contributed by atoms with van der Waals surface area (Å²) in [6, 6.07) is 7.16. The lowest BCUT2D eigenvalue weighted by atomic mass is 10.0. The van der Waals surface area contributed by atoms with E-state index in [4.69, 9.17) is 5.73 Å². The number of hydrogen-bond acceptors (Lipinski definition) is 3. The molecule has 0 heterocycles. The maximum absolute atomic E-state index is 11.3. The van der Waals surface area contributed by atoms with Crippen LogP contribution in [0.15, 0.2) is 36.9 Å². The van der Waals surface area contributed by atoms with Gasteiger partial charge in [0.1, 0.15) is 0 Å². The average molecular weight is 219 g/mol. The highest BCUT2D eigenvalue weighted by atomic mass is 16.5. The largest absolute Gasteiger partial charge is 0.465 e. The number of carbonyl (C=O) groups is 1. The fourth-order valence-corrected chi connectivity index (χ4v) is 1.48. The number of nitrogens with two attached hydrogens (primary N) is 1. The molecule has 16 heavy (non-hydrogen) atoms. The summed E-state index contributed by atoms with van der Waals surface area (Å²) in [5.41, 5.74) is 7.48. The molecule has 1 rings (SSSR count). The summed E-state index contributed by atoms with van der Waals surface area (Å²) >= 11 is 0. The predicted octanol–water partition coefficient (Wildman–Crippen LogP) is 2.44. The Bertz CT molecular complexity index is 374. The first-order valence-corrected chi connectivity index (χ1v) is 5.23. The topological polar surface area (TPSA) is 52.3 Å². The number of allylic oxidation sites excluding steroid dienone is 1. The molecule has 0 aromatic heterocycles. The highest BCUT2D eigenvalue weighted by Gasteiger charge is 2.09. The number of esters is 1. The Balaban J connectivity index is 2.80. The maximum Gasteiger partial charge on any atom is 0.337 e. The van der Waals surface area contributed by atoms with Crippen LogP contribution in [0.1, 0.15) is 34.8 Å². The Morgan fingerprint density at radius 3 is 3.00 bits per heavy atom. The fourth-order valence-electron chi connectivity index (χ4n) is 1.48. The van der Waals surface area contributed by atoms with Crippen LogP contribution in [-0.4, -0.2) is 13.1 Å². The molecule has 0 radical (unpaired) electrons. The van der Waals surface area contributed by atoms with E-state index in [-0.39, 0.29) is 12.0 Å². The van der Waals surface area contributed by atoms with E-state index in [0.717, 1.165) is 18.4 Å². The van der Waals surface area contributed by atoms with Crippen LogP contribution in [0, 0.1) is 0 Å². The molecule has 0 amide bonds. The van der Waals surface area contributed by atoms with Crippen molar-refractivity contribution in [1.29, 1.82) is 0 Å². The van der Waals surface area contributed by atoms with Crippen molar-refractivity contribution in [2.75, 3.05) is 7.11 Å². The van der Waals surface area contributed by atoms with Crippen molar-refractivity contribution in [3.05, 3.63) is 48.0 Å². The molecule has 1 aromatic carbocycles. The highest BCUT2D eigenvalue weighted by Crippen LogP contribution is 2.17. The van der Waals surface area contributed by atoms with E-state index in [0.29, 0.717) is 5.56 Å². The predicted molar refractivity (Wildman–Crippen MR) is 64.1 cm³/mol. The molecule has 0 aliphatic rings. The van der Waals surface area contributed by atoms with Crippen LogP contribution in [-0.2, 0) is 4.74 Å². The van der Waals surface area contributed by atoms with E-state index >= 15 is 0 Å². The summed E-state index contributed by atoms with van der Waals surface area (Å²) in [6.45, 7) is 3.66. The third kappa shape index (κ3) is 3.21. The van der Waals surface area contributed by atoms with E-state index in [2.05, 4.69) is 11.3 Å². The van der Waals surface area contributed by atoms with Gasteiger partial charge in [0, 0.05) is 6.04 Å². The SMILES string of the molecule is C=CCC[C@H](N)c1cccc(C(=O)OC)c1. The van der Waals surface area contributed by atoms with Gasteiger partial charge in [-0.1, -0.05) is 18.2 Å². The molecule has 0 saturated carbocycles.